The van der Waals surface area contributed by atoms with Gasteiger partial charge in [-0.3, -0.25) is 4.79 Å². The summed E-state index contributed by atoms with van der Waals surface area (Å²) in [6.45, 7) is 5.32. The van der Waals surface area contributed by atoms with Gasteiger partial charge in [0.15, 0.2) is 0 Å². The van der Waals surface area contributed by atoms with Crippen molar-refractivity contribution in [2.45, 2.75) is 32.7 Å². The van der Waals surface area contributed by atoms with Crippen molar-refractivity contribution in [1.82, 2.24) is 14.9 Å². The van der Waals surface area contributed by atoms with Gasteiger partial charge >= 0.3 is 0 Å². The zero-order chi connectivity index (χ0) is 20.5. The zero-order valence-electron chi connectivity index (χ0n) is 17.3. The van der Waals surface area contributed by atoms with Crippen molar-refractivity contribution in [1.29, 1.82) is 0 Å². The van der Waals surface area contributed by atoms with Crippen molar-refractivity contribution in [3.63, 3.8) is 0 Å². The molecule has 1 aromatic heterocycles. The average Bonchev–Trinajstić information content (AvgIpc) is 3.33. The van der Waals surface area contributed by atoms with Gasteiger partial charge in [-0.05, 0) is 43.0 Å². The lowest BCUT2D eigenvalue weighted by atomic mass is 10.0. The molecule has 1 saturated heterocycles. The van der Waals surface area contributed by atoms with E-state index in [-0.39, 0.29) is 5.91 Å². The van der Waals surface area contributed by atoms with Gasteiger partial charge in [0.1, 0.15) is 11.6 Å². The van der Waals surface area contributed by atoms with Crippen molar-refractivity contribution < 1.29 is 4.79 Å². The van der Waals surface area contributed by atoms with Crippen molar-refractivity contribution in [2.24, 2.45) is 0 Å². The number of aryl methyl sites for hydroxylation is 1. The molecule has 30 heavy (non-hydrogen) atoms. The molecule has 0 radical (unpaired) electrons. The Bertz CT molecular complexity index is 1060. The Labute approximate surface area is 177 Å². The van der Waals surface area contributed by atoms with Gasteiger partial charge in [-0.15, -0.1) is 0 Å². The Hall–Kier alpha value is -3.21. The van der Waals surface area contributed by atoms with Gasteiger partial charge in [-0.1, -0.05) is 42.5 Å². The molecule has 3 heterocycles. The van der Waals surface area contributed by atoms with Gasteiger partial charge in [0.05, 0.1) is 12.2 Å². The first kappa shape index (κ1) is 18.8. The number of hydrogen-bond donors (Lipinski definition) is 0. The number of carbonyl (C=O) groups excluding carboxylic acids is 1. The third-order valence-corrected chi connectivity index (χ3v) is 6.08. The fraction of sp³-hybridized carbons (Fsp3) is 0.320. The number of benzene rings is 2. The topological polar surface area (TPSA) is 49.3 Å². The van der Waals surface area contributed by atoms with Crippen LogP contribution in [-0.2, 0) is 13.0 Å². The molecule has 2 aliphatic heterocycles. The van der Waals surface area contributed by atoms with Crippen molar-refractivity contribution in [3.8, 4) is 11.1 Å². The van der Waals surface area contributed by atoms with Gasteiger partial charge in [-0.2, -0.15) is 0 Å². The first-order valence-electron chi connectivity index (χ1n) is 10.7. The van der Waals surface area contributed by atoms with Crippen LogP contribution in [-0.4, -0.2) is 40.4 Å². The maximum absolute atomic E-state index is 13.2. The van der Waals surface area contributed by atoms with E-state index in [0.29, 0.717) is 13.1 Å². The number of nitrogens with zero attached hydrogens (tertiary/aromatic N) is 4. The lowest BCUT2D eigenvalue weighted by Gasteiger charge is -2.31. The molecule has 5 nitrogen and oxygen atoms in total. The van der Waals surface area contributed by atoms with Crippen LogP contribution in [0, 0.1) is 6.92 Å². The molecule has 0 unspecified atom stereocenters. The predicted molar refractivity (Wildman–Crippen MR) is 119 cm³/mol. The van der Waals surface area contributed by atoms with Crippen LogP contribution in [0.15, 0.2) is 54.6 Å². The van der Waals surface area contributed by atoms with Crippen LogP contribution in [0.2, 0.25) is 0 Å². The van der Waals surface area contributed by atoms with Crippen LogP contribution >= 0.6 is 0 Å². The first-order chi connectivity index (χ1) is 14.7. The lowest BCUT2D eigenvalue weighted by molar-refractivity contribution is 0.0733. The summed E-state index contributed by atoms with van der Waals surface area (Å²) in [5.41, 5.74) is 5.24. The van der Waals surface area contributed by atoms with Crippen LogP contribution in [0.3, 0.4) is 0 Å². The van der Waals surface area contributed by atoms with E-state index in [1.165, 1.54) is 12.8 Å². The molecule has 1 fully saturated rings. The highest BCUT2D eigenvalue weighted by Gasteiger charge is 2.28. The fourth-order valence-electron chi connectivity index (χ4n) is 4.50. The van der Waals surface area contributed by atoms with Gasteiger partial charge in [0.25, 0.3) is 5.91 Å². The molecule has 0 N–H and O–H groups in total. The monoisotopic (exact) mass is 398 g/mol. The van der Waals surface area contributed by atoms with Gasteiger partial charge in [-0.25, -0.2) is 9.97 Å². The summed E-state index contributed by atoms with van der Waals surface area (Å²) < 4.78 is 0. The van der Waals surface area contributed by atoms with E-state index in [2.05, 4.69) is 22.0 Å². The van der Waals surface area contributed by atoms with Crippen molar-refractivity contribution >= 4 is 11.7 Å². The second-order valence-electron chi connectivity index (χ2n) is 8.13. The normalized spacial score (nSPS) is 15.9. The fourth-order valence-corrected chi connectivity index (χ4v) is 4.50. The number of rotatable bonds is 3. The summed E-state index contributed by atoms with van der Waals surface area (Å²) in [4.78, 5) is 27.0. The van der Waals surface area contributed by atoms with Crippen LogP contribution in [0.4, 0.5) is 5.82 Å². The summed E-state index contributed by atoms with van der Waals surface area (Å²) >= 11 is 0. The van der Waals surface area contributed by atoms with Gasteiger partial charge in [0, 0.05) is 37.2 Å². The quantitative estimate of drug-likeness (QED) is 0.662. The number of hydrogen-bond acceptors (Lipinski definition) is 4. The number of amides is 1. The zero-order valence-corrected chi connectivity index (χ0v) is 17.3. The smallest absolute Gasteiger partial charge is 0.254 e. The highest BCUT2D eigenvalue weighted by atomic mass is 16.2. The first-order valence-corrected chi connectivity index (χ1v) is 10.7. The molecular weight excluding hydrogens is 372 g/mol. The van der Waals surface area contributed by atoms with E-state index in [1.54, 1.807) is 0 Å². The second-order valence-corrected chi connectivity index (χ2v) is 8.13. The van der Waals surface area contributed by atoms with Crippen LogP contribution in [0.5, 0.6) is 0 Å². The van der Waals surface area contributed by atoms with E-state index in [0.717, 1.165) is 59.1 Å². The molecule has 5 heteroatoms. The summed E-state index contributed by atoms with van der Waals surface area (Å²) in [6, 6.07) is 18.2. The molecule has 0 saturated carbocycles. The Morgan fingerprint density at radius 1 is 0.867 bits per heavy atom. The molecule has 0 atom stereocenters. The predicted octanol–water partition coefficient (Wildman–Crippen LogP) is 4.25. The molecular formula is C25H26N4O. The van der Waals surface area contributed by atoms with Crippen molar-refractivity contribution in [2.75, 3.05) is 24.5 Å². The third-order valence-electron chi connectivity index (χ3n) is 6.08. The van der Waals surface area contributed by atoms with E-state index in [4.69, 9.17) is 4.98 Å². The van der Waals surface area contributed by atoms with Gasteiger partial charge < -0.3 is 9.80 Å². The molecule has 5 rings (SSSR count). The molecule has 2 aromatic carbocycles. The average molecular weight is 399 g/mol. The van der Waals surface area contributed by atoms with Crippen LogP contribution in [0.25, 0.3) is 11.1 Å². The highest BCUT2D eigenvalue weighted by Crippen LogP contribution is 2.30. The van der Waals surface area contributed by atoms with Gasteiger partial charge in [0.2, 0.25) is 0 Å². The maximum atomic E-state index is 13.2. The number of carbonyl (C=O) groups is 1. The summed E-state index contributed by atoms with van der Waals surface area (Å²) in [5.74, 6) is 1.94. The summed E-state index contributed by atoms with van der Waals surface area (Å²) in [6.07, 6.45) is 3.19. The molecule has 0 bridgehead atoms. The van der Waals surface area contributed by atoms with Crippen molar-refractivity contribution in [3.05, 3.63) is 77.2 Å². The Kier molecular flexibility index (Phi) is 4.95. The van der Waals surface area contributed by atoms with Crippen LogP contribution in [0.1, 0.15) is 40.3 Å². The number of aromatic nitrogens is 2. The maximum Gasteiger partial charge on any atom is 0.254 e. The Morgan fingerprint density at radius 2 is 1.57 bits per heavy atom. The summed E-state index contributed by atoms with van der Waals surface area (Å²) in [7, 11) is 0. The van der Waals surface area contributed by atoms with E-state index >= 15 is 0 Å². The molecule has 0 spiro atoms. The number of fused-ring (bicyclic) bond motifs is 1. The standard InChI is InChI=1S/C25H26N4O/c1-18-26-23-13-16-29(17-22(23)24(27-18)28-14-5-6-15-28)25(30)21-11-9-20(10-12-21)19-7-3-2-4-8-19/h2-4,7-12H,5-6,13-17H2,1H3. The minimum atomic E-state index is 0.0770. The molecule has 1 amide bonds. The molecule has 0 aliphatic carbocycles. The molecule has 152 valence electrons. The van der Waals surface area contributed by atoms with Crippen LogP contribution < -0.4 is 4.90 Å². The Balaban J connectivity index is 1.38. The lowest BCUT2D eigenvalue weighted by Crippen LogP contribution is -2.38. The minimum absolute atomic E-state index is 0.0770. The van der Waals surface area contributed by atoms with E-state index < -0.39 is 0 Å². The largest absolute Gasteiger partial charge is 0.356 e. The number of anilines is 1. The van der Waals surface area contributed by atoms with E-state index in [9.17, 15) is 4.79 Å². The molecule has 2 aliphatic rings. The SMILES string of the molecule is Cc1nc2c(c(N3CCCC3)n1)CN(C(=O)c1ccc(-c3ccccc3)cc1)CC2. The van der Waals surface area contributed by atoms with E-state index in [1.807, 2.05) is 54.3 Å². The minimum Gasteiger partial charge on any atom is -0.356 e. The Morgan fingerprint density at radius 3 is 2.30 bits per heavy atom. The molecule has 3 aromatic rings. The third kappa shape index (κ3) is 3.56. The second kappa shape index (κ2) is 7.90. The summed E-state index contributed by atoms with van der Waals surface area (Å²) in [5, 5.41) is 0. The highest BCUT2D eigenvalue weighted by molar-refractivity contribution is 5.95.